The van der Waals surface area contributed by atoms with E-state index in [0.29, 0.717) is 42.1 Å². The van der Waals surface area contributed by atoms with Crippen molar-refractivity contribution in [3.05, 3.63) is 94.8 Å². The normalized spacial score (nSPS) is 13.9. The molecule has 1 aliphatic heterocycles. The zero-order chi connectivity index (χ0) is 18.6. The second kappa shape index (κ2) is 7.80. The lowest BCUT2D eigenvalue weighted by Crippen LogP contribution is -2.48. The fourth-order valence-electron chi connectivity index (χ4n) is 3.13. The molecule has 0 unspecified atom stereocenters. The Balaban J connectivity index is 1.35. The molecule has 5 heteroatoms. The molecule has 0 radical (unpaired) electrons. The Kier molecular flexibility index (Phi) is 5.07. The van der Waals surface area contributed by atoms with Crippen LogP contribution >= 0.6 is 11.6 Å². The lowest BCUT2D eigenvalue weighted by molar-refractivity contribution is 0.0596. The predicted octanol–water partition coefficient (Wildman–Crippen LogP) is 4.55. The number of nitrogens with zero attached hydrogens (tertiary/aromatic N) is 2. The minimum atomic E-state index is -0.0271. The fraction of sp³-hybridized carbons (Fsp3) is 0.182. The smallest absolute Gasteiger partial charge is 0.272 e. The predicted molar refractivity (Wildman–Crippen MR) is 105 cm³/mol. The lowest BCUT2D eigenvalue weighted by atomic mass is 9.91. The maximum Gasteiger partial charge on any atom is 0.272 e. The minimum absolute atomic E-state index is 0.0271. The molecule has 1 amide bonds. The van der Waals surface area contributed by atoms with E-state index in [2.05, 4.69) is 4.98 Å². The molecule has 0 spiro atoms. The van der Waals surface area contributed by atoms with Crippen molar-refractivity contribution in [1.82, 2.24) is 9.88 Å². The molecule has 27 heavy (non-hydrogen) atoms. The van der Waals surface area contributed by atoms with Crippen LogP contribution in [0.4, 0.5) is 0 Å². The van der Waals surface area contributed by atoms with Crippen molar-refractivity contribution in [2.24, 2.45) is 0 Å². The van der Waals surface area contributed by atoms with Gasteiger partial charge in [-0.05, 0) is 35.4 Å². The second-order valence-electron chi connectivity index (χ2n) is 6.59. The number of likely N-dealkylation sites (tertiary alicyclic amines) is 1. The van der Waals surface area contributed by atoms with Gasteiger partial charge in [-0.1, -0.05) is 54.1 Å². The molecular weight excluding hydrogens is 360 g/mol. The number of ether oxygens (including phenoxy) is 1. The van der Waals surface area contributed by atoms with E-state index >= 15 is 0 Å². The third-order valence-corrected chi connectivity index (χ3v) is 5.01. The first-order chi connectivity index (χ1) is 13.2. The summed E-state index contributed by atoms with van der Waals surface area (Å²) < 4.78 is 5.82. The first-order valence-corrected chi connectivity index (χ1v) is 9.25. The standard InChI is InChI=1S/C22H19ClN2O2/c23-19-12-17(9-10-21(19)27-15-16-6-2-1-3-7-16)18-13-25(14-18)22(26)20-8-4-5-11-24-20/h1-12,18H,13-15H2. The Labute approximate surface area is 163 Å². The molecule has 0 aliphatic carbocycles. The van der Waals surface area contributed by atoms with Crippen LogP contribution in [0.25, 0.3) is 0 Å². The van der Waals surface area contributed by atoms with E-state index < -0.39 is 0 Å². The van der Waals surface area contributed by atoms with Crippen molar-refractivity contribution in [1.29, 1.82) is 0 Å². The molecule has 0 saturated carbocycles. The summed E-state index contributed by atoms with van der Waals surface area (Å²) in [7, 11) is 0. The Morgan fingerprint density at radius 3 is 2.56 bits per heavy atom. The number of carbonyl (C=O) groups excluding carboxylic acids is 1. The maximum absolute atomic E-state index is 12.4. The van der Waals surface area contributed by atoms with Crippen LogP contribution in [0.1, 0.15) is 27.5 Å². The van der Waals surface area contributed by atoms with Crippen LogP contribution in [0.2, 0.25) is 5.02 Å². The Hall–Kier alpha value is -2.85. The van der Waals surface area contributed by atoms with Crippen LogP contribution in [0.15, 0.2) is 72.9 Å². The van der Waals surface area contributed by atoms with E-state index in [-0.39, 0.29) is 5.91 Å². The Morgan fingerprint density at radius 2 is 1.85 bits per heavy atom. The van der Waals surface area contributed by atoms with Gasteiger partial charge in [-0.15, -0.1) is 0 Å². The van der Waals surface area contributed by atoms with E-state index in [1.165, 1.54) is 0 Å². The fourth-order valence-corrected chi connectivity index (χ4v) is 3.37. The summed E-state index contributed by atoms with van der Waals surface area (Å²) in [6, 6.07) is 21.2. The summed E-state index contributed by atoms with van der Waals surface area (Å²) >= 11 is 6.40. The molecule has 3 aromatic rings. The summed E-state index contributed by atoms with van der Waals surface area (Å²) in [5.41, 5.74) is 2.70. The van der Waals surface area contributed by atoms with Crippen LogP contribution in [0.3, 0.4) is 0 Å². The topological polar surface area (TPSA) is 42.4 Å². The van der Waals surface area contributed by atoms with Crippen molar-refractivity contribution in [3.63, 3.8) is 0 Å². The Bertz CT molecular complexity index is 926. The van der Waals surface area contributed by atoms with E-state index in [9.17, 15) is 4.79 Å². The maximum atomic E-state index is 12.4. The molecule has 1 fully saturated rings. The van der Waals surface area contributed by atoms with Crippen molar-refractivity contribution < 1.29 is 9.53 Å². The summed E-state index contributed by atoms with van der Waals surface area (Å²) in [5.74, 6) is 0.934. The van der Waals surface area contributed by atoms with Gasteiger partial charge in [0.05, 0.1) is 5.02 Å². The number of carbonyl (C=O) groups is 1. The van der Waals surface area contributed by atoms with Gasteiger partial charge in [-0.3, -0.25) is 9.78 Å². The van der Waals surface area contributed by atoms with Crippen molar-refractivity contribution in [3.8, 4) is 5.75 Å². The summed E-state index contributed by atoms with van der Waals surface area (Å²) in [5, 5.41) is 0.595. The monoisotopic (exact) mass is 378 g/mol. The average Bonchev–Trinajstić information content (AvgIpc) is 2.67. The molecule has 0 atom stereocenters. The van der Waals surface area contributed by atoms with Crippen LogP contribution < -0.4 is 4.74 Å². The number of benzene rings is 2. The molecule has 1 aliphatic rings. The molecule has 2 aromatic carbocycles. The number of hydrogen-bond acceptors (Lipinski definition) is 3. The van der Waals surface area contributed by atoms with Crippen molar-refractivity contribution >= 4 is 17.5 Å². The summed E-state index contributed by atoms with van der Waals surface area (Å²) in [6.07, 6.45) is 1.64. The summed E-state index contributed by atoms with van der Waals surface area (Å²) in [6.45, 7) is 1.83. The minimum Gasteiger partial charge on any atom is -0.487 e. The third kappa shape index (κ3) is 3.96. The van der Waals surface area contributed by atoms with E-state index in [0.717, 1.165) is 11.1 Å². The highest BCUT2D eigenvalue weighted by atomic mass is 35.5. The molecule has 0 bridgehead atoms. The van der Waals surface area contributed by atoms with E-state index in [1.54, 1.807) is 23.2 Å². The van der Waals surface area contributed by atoms with Gasteiger partial charge < -0.3 is 9.64 Å². The van der Waals surface area contributed by atoms with Gasteiger partial charge in [0.15, 0.2) is 0 Å². The molecule has 4 rings (SSSR count). The number of pyridine rings is 1. The van der Waals surface area contributed by atoms with E-state index in [1.807, 2.05) is 54.6 Å². The number of amides is 1. The van der Waals surface area contributed by atoms with Gasteiger partial charge >= 0.3 is 0 Å². The third-order valence-electron chi connectivity index (χ3n) is 4.72. The molecule has 4 nitrogen and oxygen atoms in total. The lowest BCUT2D eigenvalue weighted by Gasteiger charge is -2.39. The van der Waals surface area contributed by atoms with E-state index in [4.69, 9.17) is 16.3 Å². The van der Waals surface area contributed by atoms with Gasteiger partial charge in [-0.2, -0.15) is 0 Å². The molecule has 0 N–H and O–H groups in total. The van der Waals surface area contributed by atoms with Crippen molar-refractivity contribution in [2.45, 2.75) is 12.5 Å². The average molecular weight is 379 g/mol. The van der Waals surface area contributed by atoms with Crippen LogP contribution in [0.5, 0.6) is 5.75 Å². The zero-order valence-electron chi connectivity index (χ0n) is 14.7. The zero-order valence-corrected chi connectivity index (χ0v) is 15.5. The molecule has 1 aromatic heterocycles. The number of rotatable bonds is 5. The molecule has 136 valence electrons. The molecule has 1 saturated heterocycles. The largest absolute Gasteiger partial charge is 0.487 e. The first kappa shape index (κ1) is 17.6. The van der Waals surface area contributed by atoms with Crippen molar-refractivity contribution in [2.75, 3.05) is 13.1 Å². The van der Waals surface area contributed by atoms with Gasteiger partial charge in [-0.25, -0.2) is 0 Å². The molecular formula is C22H19ClN2O2. The van der Waals surface area contributed by atoms with Gasteiger partial charge in [0, 0.05) is 25.2 Å². The molecule has 2 heterocycles. The van der Waals surface area contributed by atoms with Gasteiger partial charge in [0.2, 0.25) is 0 Å². The van der Waals surface area contributed by atoms with Gasteiger partial charge in [0.25, 0.3) is 5.91 Å². The van der Waals surface area contributed by atoms with Crippen LogP contribution in [-0.4, -0.2) is 28.9 Å². The quantitative estimate of drug-likeness (QED) is 0.654. The highest BCUT2D eigenvalue weighted by molar-refractivity contribution is 6.32. The summed E-state index contributed by atoms with van der Waals surface area (Å²) in [4.78, 5) is 18.3. The number of aromatic nitrogens is 1. The van der Waals surface area contributed by atoms with Crippen LogP contribution in [0, 0.1) is 0 Å². The van der Waals surface area contributed by atoms with Crippen LogP contribution in [-0.2, 0) is 6.61 Å². The SMILES string of the molecule is O=C(c1ccccn1)N1CC(c2ccc(OCc3ccccc3)c(Cl)c2)C1. The second-order valence-corrected chi connectivity index (χ2v) is 6.99. The number of hydrogen-bond donors (Lipinski definition) is 0. The highest BCUT2D eigenvalue weighted by Gasteiger charge is 2.33. The van der Waals surface area contributed by atoms with Gasteiger partial charge in [0.1, 0.15) is 18.1 Å². The Morgan fingerprint density at radius 1 is 1.07 bits per heavy atom. The first-order valence-electron chi connectivity index (χ1n) is 8.87. The number of halogens is 1. The highest BCUT2D eigenvalue weighted by Crippen LogP contribution is 2.33.